The zero-order valence-electron chi connectivity index (χ0n) is 14.4. The lowest BCUT2D eigenvalue weighted by molar-refractivity contribution is 0.338. The van der Waals surface area contributed by atoms with E-state index in [2.05, 4.69) is 20.0 Å². The number of anilines is 2. The van der Waals surface area contributed by atoms with Crippen LogP contribution in [0.5, 0.6) is 0 Å². The second-order valence-corrected chi connectivity index (χ2v) is 6.84. The van der Waals surface area contributed by atoms with Gasteiger partial charge in [-0.3, -0.25) is 0 Å². The highest BCUT2D eigenvalue weighted by atomic mass is 35.5. The fraction of sp³-hybridized carbons (Fsp3) is 0.200. The lowest BCUT2D eigenvalue weighted by Gasteiger charge is -2.25. The van der Waals surface area contributed by atoms with Crippen molar-refractivity contribution in [1.82, 2.24) is 15.1 Å². The Morgan fingerprint density at radius 2 is 1.85 bits per heavy atom. The van der Waals surface area contributed by atoms with E-state index in [4.69, 9.17) is 11.6 Å². The molecule has 0 atom stereocenters. The van der Waals surface area contributed by atoms with Gasteiger partial charge >= 0.3 is 0 Å². The largest absolute Gasteiger partial charge is 0.340 e. The van der Waals surface area contributed by atoms with E-state index in [1.54, 1.807) is 24.4 Å². The number of halogens is 2. The first-order valence-electron chi connectivity index (χ1n) is 8.44. The topological polar surface area (TPSA) is 32.3 Å². The van der Waals surface area contributed by atoms with Crippen molar-refractivity contribution in [2.45, 2.75) is 6.54 Å². The molecule has 1 aromatic heterocycles. The predicted octanol–water partition coefficient (Wildman–Crippen LogP) is 4.52. The number of rotatable bonds is 2. The molecule has 0 aliphatic carbocycles. The third-order valence-electron chi connectivity index (χ3n) is 4.63. The molecule has 4 nitrogen and oxygen atoms in total. The Hall–Kier alpha value is -2.50. The van der Waals surface area contributed by atoms with Gasteiger partial charge in [-0.2, -0.15) is 10.2 Å². The van der Waals surface area contributed by atoms with Crippen LogP contribution in [0.3, 0.4) is 0 Å². The van der Waals surface area contributed by atoms with Crippen LogP contribution < -0.4 is 4.90 Å². The quantitative estimate of drug-likeness (QED) is 0.665. The number of hydrogen-bond donors (Lipinski definition) is 0. The van der Waals surface area contributed by atoms with Gasteiger partial charge in [0.25, 0.3) is 0 Å². The minimum Gasteiger partial charge on any atom is -0.340 e. The SMILES string of the molecule is CN1CCN(c2ccc(Cl)cc2)c2ccc(-c3cccnn3)c(F)c2C1. The Kier molecular flexibility index (Phi) is 4.57. The second kappa shape index (κ2) is 7.02. The lowest BCUT2D eigenvalue weighted by atomic mass is 10.0. The summed E-state index contributed by atoms with van der Waals surface area (Å²) in [5, 5.41) is 8.61. The summed E-state index contributed by atoms with van der Waals surface area (Å²) in [6.45, 7) is 2.14. The molecule has 0 fully saturated rings. The zero-order valence-corrected chi connectivity index (χ0v) is 15.1. The molecule has 1 aliphatic rings. The van der Waals surface area contributed by atoms with Gasteiger partial charge in [-0.1, -0.05) is 11.6 Å². The van der Waals surface area contributed by atoms with Crippen molar-refractivity contribution < 1.29 is 4.39 Å². The molecule has 0 unspecified atom stereocenters. The summed E-state index contributed by atoms with van der Waals surface area (Å²) < 4.78 is 15.4. The van der Waals surface area contributed by atoms with Crippen molar-refractivity contribution in [3.05, 3.63) is 71.1 Å². The molecule has 0 saturated carbocycles. The summed E-state index contributed by atoms with van der Waals surface area (Å²) in [6.07, 6.45) is 1.58. The lowest BCUT2D eigenvalue weighted by Crippen LogP contribution is -2.26. The van der Waals surface area contributed by atoms with Crippen molar-refractivity contribution in [3.8, 4) is 11.3 Å². The van der Waals surface area contributed by atoms with Crippen LogP contribution in [0.15, 0.2) is 54.7 Å². The number of benzene rings is 2. The number of aromatic nitrogens is 2. The summed E-state index contributed by atoms with van der Waals surface area (Å²) in [7, 11) is 2.00. The third kappa shape index (κ3) is 3.16. The highest BCUT2D eigenvalue weighted by Crippen LogP contribution is 2.36. The summed E-state index contributed by atoms with van der Waals surface area (Å²) in [4.78, 5) is 4.26. The third-order valence-corrected chi connectivity index (χ3v) is 4.88. The van der Waals surface area contributed by atoms with E-state index >= 15 is 4.39 Å². The Morgan fingerprint density at radius 1 is 1.04 bits per heavy atom. The number of hydrogen-bond acceptors (Lipinski definition) is 4. The molecular weight excluding hydrogens is 351 g/mol. The molecule has 0 radical (unpaired) electrons. The van der Waals surface area contributed by atoms with Crippen molar-refractivity contribution >= 4 is 23.0 Å². The second-order valence-electron chi connectivity index (χ2n) is 6.40. The van der Waals surface area contributed by atoms with Gasteiger partial charge in [-0.25, -0.2) is 4.39 Å². The first kappa shape index (κ1) is 16.9. The molecule has 3 aromatic rings. The van der Waals surface area contributed by atoms with Crippen molar-refractivity contribution in [2.75, 3.05) is 25.0 Å². The molecule has 2 aromatic carbocycles. The Balaban J connectivity index is 1.84. The van der Waals surface area contributed by atoms with Crippen LogP contribution >= 0.6 is 11.6 Å². The molecule has 2 heterocycles. The van der Waals surface area contributed by atoms with Gasteiger partial charge < -0.3 is 9.80 Å². The van der Waals surface area contributed by atoms with Gasteiger partial charge in [0, 0.05) is 53.4 Å². The van der Waals surface area contributed by atoms with Crippen LogP contribution in [0.25, 0.3) is 11.3 Å². The van der Waals surface area contributed by atoms with Gasteiger partial charge in [0.1, 0.15) is 5.82 Å². The maximum atomic E-state index is 15.4. The average Bonchev–Trinajstić information content (AvgIpc) is 2.83. The number of likely N-dealkylation sites (N-methyl/N-ethyl adjacent to an activating group) is 1. The zero-order chi connectivity index (χ0) is 18.1. The molecule has 1 aliphatic heterocycles. The minimum absolute atomic E-state index is 0.240. The van der Waals surface area contributed by atoms with E-state index < -0.39 is 0 Å². The van der Waals surface area contributed by atoms with E-state index in [1.807, 2.05) is 37.4 Å². The molecule has 0 amide bonds. The molecule has 0 spiro atoms. The fourth-order valence-electron chi connectivity index (χ4n) is 3.29. The highest BCUT2D eigenvalue weighted by molar-refractivity contribution is 6.30. The van der Waals surface area contributed by atoms with Crippen LogP contribution in [0.4, 0.5) is 15.8 Å². The van der Waals surface area contributed by atoms with Crippen LogP contribution in [-0.2, 0) is 6.54 Å². The van der Waals surface area contributed by atoms with Crippen molar-refractivity contribution in [3.63, 3.8) is 0 Å². The first-order valence-corrected chi connectivity index (χ1v) is 8.82. The van der Waals surface area contributed by atoms with E-state index in [9.17, 15) is 0 Å². The molecule has 4 rings (SSSR count). The monoisotopic (exact) mass is 368 g/mol. The van der Waals surface area contributed by atoms with E-state index in [0.717, 1.165) is 24.5 Å². The van der Waals surface area contributed by atoms with Crippen LogP contribution in [-0.4, -0.2) is 35.2 Å². The molecule has 6 heteroatoms. The molecular formula is C20H18ClFN4. The number of nitrogens with zero attached hydrogens (tertiary/aromatic N) is 4. The van der Waals surface area contributed by atoms with E-state index in [-0.39, 0.29) is 5.82 Å². The molecule has 0 bridgehead atoms. The van der Waals surface area contributed by atoms with Crippen LogP contribution in [0, 0.1) is 5.82 Å². The molecule has 0 N–H and O–H groups in total. The van der Waals surface area contributed by atoms with Gasteiger partial charge in [0.05, 0.1) is 5.69 Å². The van der Waals surface area contributed by atoms with Gasteiger partial charge in [0.2, 0.25) is 0 Å². The maximum absolute atomic E-state index is 15.4. The maximum Gasteiger partial charge on any atom is 0.139 e. The Bertz CT molecular complexity index is 915. The summed E-state index contributed by atoms with van der Waals surface area (Å²) in [5.74, 6) is -0.240. The van der Waals surface area contributed by atoms with Crippen molar-refractivity contribution in [1.29, 1.82) is 0 Å². The Labute approximate surface area is 156 Å². The Morgan fingerprint density at radius 3 is 2.58 bits per heavy atom. The number of fused-ring (bicyclic) bond motifs is 1. The fourth-order valence-corrected chi connectivity index (χ4v) is 3.41. The van der Waals surface area contributed by atoms with Gasteiger partial charge in [-0.05, 0) is 55.6 Å². The van der Waals surface area contributed by atoms with Gasteiger partial charge in [-0.15, -0.1) is 0 Å². The summed E-state index contributed by atoms with van der Waals surface area (Å²) in [6, 6.07) is 14.9. The average molecular weight is 369 g/mol. The van der Waals surface area contributed by atoms with E-state index in [1.165, 1.54) is 0 Å². The first-order chi connectivity index (χ1) is 12.6. The smallest absolute Gasteiger partial charge is 0.139 e. The van der Waals surface area contributed by atoms with Gasteiger partial charge in [0.15, 0.2) is 0 Å². The van der Waals surface area contributed by atoms with Crippen molar-refractivity contribution in [2.24, 2.45) is 0 Å². The summed E-state index contributed by atoms with van der Waals surface area (Å²) >= 11 is 6.02. The minimum atomic E-state index is -0.240. The molecule has 26 heavy (non-hydrogen) atoms. The van der Waals surface area contributed by atoms with Crippen LogP contribution in [0.1, 0.15) is 5.56 Å². The summed E-state index contributed by atoms with van der Waals surface area (Å²) in [5.41, 5.74) is 3.56. The standard InChI is InChI=1S/C20H18ClFN4/c1-25-11-12-26(15-6-4-14(21)5-7-15)19-9-8-16(20(22)17(19)13-25)18-3-2-10-23-24-18/h2-10H,11-13H2,1H3. The van der Waals surface area contributed by atoms with Crippen LogP contribution in [0.2, 0.25) is 5.02 Å². The normalized spacial score (nSPS) is 14.8. The molecule has 0 saturated heterocycles. The molecule has 132 valence electrons. The highest BCUT2D eigenvalue weighted by Gasteiger charge is 2.24. The van der Waals surface area contributed by atoms with E-state index in [0.29, 0.717) is 28.4 Å². The predicted molar refractivity (Wildman–Crippen MR) is 102 cm³/mol.